The lowest BCUT2D eigenvalue weighted by atomic mass is 9.88. The summed E-state index contributed by atoms with van der Waals surface area (Å²) in [7, 11) is 0. The van der Waals surface area contributed by atoms with Gasteiger partial charge in [-0.1, -0.05) is 73.7 Å². The molecule has 0 amide bonds. The second kappa shape index (κ2) is 10.0. The molecule has 4 aromatic heterocycles. The molecule has 10 rings (SSSR count). The first-order chi connectivity index (χ1) is 23.2. The second-order valence-electron chi connectivity index (χ2n) is 12.8. The molecule has 0 spiro atoms. The largest absolute Gasteiger partial charge is 0.297 e. The molecule has 0 bridgehead atoms. The summed E-state index contributed by atoms with van der Waals surface area (Å²) in [6.45, 7) is 2.34. The van der Waals surface area contributed by atoms with Crippen LogP contribution >= 0.6 is 0 Å². The van der Waals surface area contributed by atoms with Gasteiger partial charge in [0.05, 0.1) is 11.0 Å². The third-order valence-corrected chi connectivity index (χ3v) is 10.0. The summed E-state index contributed by atoms with van der Waals surface area (Å²) in [6.07, 6.45) is 9.36. The smallest absolute Gasteiger partial charge is 0.145 e. The number of benzene rings is 5. The van der Waals surface area contributed by atoms with Crippen molar-refractivity contribution >= 4 is 76.7 Å². The summed E-state index contributed by atoms with van der Waals surface area (Å²) in [4.78, 5) is 9.72. The highest BCUT2D eigenvalue weighted by Crippen LogP contribution is 2.40. The molecule has 0 fully saturated rings. The van der Waals surface area contributed by atoms with Crippen molar-refractivity contribution in [3.05, 3.63) is 151 Å². The zero-order valence-corrected chi connectivity index (χ0v) is 25.9. The summed E-state index contributed by atoms with van der Waals surface area (Å²) >= 11 is 0. The maximum Gasteiger partial charge on any atom is 0.145 e. The minimum Gasteiger partial charge on any atom is -0.297 e. The monoisotopic (exact) mass is 602 g/mol. The Balaban J connectivity index is 1.07. The predicted molar refractivity (Wildman–Crippen MR) is 197 cm³/mol. The van der Waals surface area contributed by atoms with Gasteiger partial charge in [0.1, 0.15) is 11.3 Å². The molecule has 5 aromatic carbocycles. The van der Waals surface area contributed by atoms with Crippen LogP contribution in [0.1, 0.15) is 18.9 Å². The van der Waals surface area contributed by atoms with Gasteiger partial charge in [0.2, 0.25) is 0 Å². The molecular formula is C43H30N4. The predicted octanol–water partition coefficient (Wildman–Crippen LogP) is 11.0. The van der Waals surface area contributed by atoms with Gasteiger partial charge in [-0.15, -0.1) is 0 Å². The van der Waals surface area contributed by atoms with Crippen LogP contribution in [0.4, 0.5) is 0 Å². The van der Waals surface area contributed by atoms with Crippen LogP contribution in [0.3, 0.4) is 0 Å². The molecule has 1 aliphatic rings. The van der Waals surface area contributed by atoms with Crippen molar-refractivity contribution in [1.29, 1.82) is 0 Å². The Bertz CT molecular complexity index is 2770. The number of hydrogen-bond acceptors (Lipinski definition) is 2. The van der Waals surface area contributed by atoms with Crippen LogP contribution in [0.15, 0.2) is 146 Å². The van der Waals surface area contributed by atoms with Crippen molar-refractivity contribution in [3.63, 3.8) is 0 Å². The number of nitrogens with zero attached hydrogens (tertiary/aromatic N) is 4. The first-order valence-corrected chi connectivity index (χ1v) is 16.3. The highest BCUT2D eigenvalue weighted by molar-refractivity contribution is 6.14. The van der Waals surface area contributed by atoms with Crippen LogP contribution in [0.25, 0.3) is 82.4 Å². The normalized spacial score (nSPS) is 15.3. The van der Waals surface area contributed by atoms with Gasteiger partial charge in [-0.3, -0.25) is 9.13 Å². The number of rotatable bonds is 3. The van der Waals surface area contributed by atoms with Crippen LogP contribution in [0.2, 0.25) is 0 Å². The minimum absolute atomic E-state index is 0.316. The number of hydrogen-bond donors (Lipinski definition) is 0. The maximum atomic E-state index is 4.88. The quantitative estimate of drug-likeness (QED) is 0.202. The average Bonchev–Trinajstić information content (AvgIpc) is 3.61. The van der Waals surface area contributed by atoms with Gasteiger partial charge < -0.3 is 0 Å². The van der Waals surface area contributed by atoms with E-state index in [4.69, 9.17) is 9.97 Å². The van der Waals surface area contributed by atoms with Crippen molar-refractivity contribution in [2.45, 2.75) is 13.3 Å². The van der Waals surface area contributed by atoms with Crippen LogP contribution < -0.4 is 0 Å². The Morgan fingerprint density at radius 3 is 1.64 bits per heavy atom. The van der Waals surface area contributed by atoms with E-state index in [1.165, 1.54) is 71.0 Å². The second-order valence-corrected chi connectivity index (χ2v) is 12.8. The Morgan fingerprint density at radius 2 is 1.06 bits per heavy atom. The van der Waals surface area contributed by atoms with Gasteiger partial charge >= 0.3 is 0 Å². The van der Waals surface area contributed by atoms with Gasteiger partial charge in [-0.05, 0) is 106 Å². The molecule has 1 aliphatic carbocycles. The van der Waals surface area contributed by atoms with E-state index in [0.717, 1.165) is 23.4 Å². The van der Waals surface area contributed by atoms with Gasteiger partial charge in [-0.25, -0.2) is 9.97 Å². The SMILES string of the molecule is CC1CC(c2ccc(-n3c4cc5ccccc5cc4c4cccnc43)cc2)=CC=C1n1c2cc3ccccc3cc2c2cccnc21. The standard InChI is InChI=1S/C43H30N4/c1-27-22-33(16-19-39(27)47-41-26-32-11-5-3-9-30(32)24-38(41)36-13-7-21-45-43(36)47)28-14-17-34(18-15-28)46-40-25-31-10-4-2-8-29(31)23-37(40)35-12-6-20-44-42(35)46/h2-21,23-27H,22H2,1H3. The molecule has 0 saturated carbocycles. The van der Waals surface area contributed by atoms with E-state index < -0.39 is 0 Å². The molecule has 0 N–H and O–H groups in total. The van der Waals surface area contributed by atoms with Gasteiger partial charge in [0.15, 0.2) is 0 Å². The van der Waals surface area contributed by atoms with E-state index in [0.29, 0.717) is 5.92 Å². The third-order valence-electron chi connectivity index (χ3n) is 10.0. The minimum atomic E-state index is 0.316. The average molecular weight is 603 g/mol. The zero-order valence-electron chi connectivity index (χ0n) is 25.9. The van der Waals surface area contributed by atoms with Crippen LogP contribution in [-0.4, -0.2) is 19.1 Å². The fourth-order valence-electron chi connectivity index (χ4n) is 7.77. The van der Waals surface area contributed by atoms with E-state index >= 15 is 0 Å². The maximum absolute atomic E-state index is 4.88. The zero-order chi connectivity index (χ0) is 31.1. The highest BCUT2D eigenvalue weighted by Gasteiger charge is 2.23. The Kier molecular flexibility index (Phi) is 5.58. The summed E-state index contributed by atoms with van der Waals surface area (Å²) in [5.74, 6) is 0.316. The lowest BCUT2D eigenvalue weighted by molar-refractivity contribution is 0.734. The molecule has 4 heteroatoms. The van der Waals surface area contributed by atoms with Crippen molar-refractivity contribution in [3.8, 4) is 5.69 Å². The molecule has 0 saturated heterocycles. The first-order valence-electron chi connectivity index (χ1n) is 16.3. The fraction of sp³-hybridized carbons (Fsp3) is 0.0698. The molecule has 0 aliphatic heterocycles. The number of pyridine rings is 2. The summed E-state index contributed by atoms with van der Waals surface area (Å²) in [6, 6.07) is 43.9. The Labute approximate surface area is 271 Å². The number of fused-ring (bicyclic) bond motifs is 8. The Hall–Kier alpha value is -6.00. The first kappa shape index (κ1) is 26.2. The van der Waals surface area contributed by atoms with Gasteiger partial charge in [0.25, 0.3) is 0 Å². The van der Waals surface area contributed by atoms with Crippen molar-refractivity contribution < 1.29 is 0 Å². The molecule has 1 atom stereocenters. The Morgan fingerprint density at radius 1 is 0.532 bits per heavy atom. The number of allylic oxidation sites excluding steroid dienone is 4. The summed E-state index contributed by atoms with van der Waals surface area (Å²) < 4.78 is 4.69. The number of aromatic nitrogens is 4. The van der Waals surface area contributed by atoms with E-state index in [1.54, 1.807) is 0 Å². The van der Waals surface area contributed by atoms with E-state index in [1.807, 2.05) is 24.5 Å². The van der Waals surface area contributed by atoms with Crippen LogP contribution in [0.5, 0.6) is 0 Å². The van der Waals surface area contributed by atoms with E-state index in [9.17, 15) is 0 Å². The van der Waals surface area contributed by atoms with Crippen molar-refractivity contribution in [2.24, 2.45) is 5.92 Å². The molecule has 0 radical (unpaired) electrons. The lowest BCUT2D eigenvalue weighted by Gasteiger charge is -2.24. The summed E-state index contributed by atoms with van der Waals surface area (Å²) in [5.41, 5.74) is 9.38. The molecule has 222 valence electrons. The van der Waals surface area contributed by atoms with Crippen molar-refractivity contribution in [2.75, 3.05) is 0 Å². The molecule has 9 aromatic rings. The topological polar surface area (TPSA) is 35.6 Å². The highest BCUT2D eigenvalue weighted by atomic mass is 15.1. The van der Waals surface area contributed by atoms with Crippen molar-refractivity contribution in [1.82, 2.24) is 19.1 Å². The van der Waals surface area contributed by atoms with Crippen LogP contribution in [-0.2, 0) is 0 Å². The fourth-order valence-corrected chi connectivity index (χ4v) is 7.77. The van der Waals surface area contributed by atoms with E-state index in [2.05, 4.69) is 137 Å². The molecule has 4 nitrogen and oxygen atoms in total. The molecule has 4 heterocycles. The van der Waals surface area contributed by atoms with Crippen LogP contribution in [0, 0.1) is 5.92 Å². The lowest BCUT2D eigenvalue weighted by Crippen LogP contribution is -2.11. The molecule has 47 heavy (non-hydrogen) atoms. The summed E-state index contributed by atoms with van der Waals surface area (Å²) in [5, 5.41) is 9.82. The molecular weight excluding hydrogens is 573 g/mol. The molecule has 1 unspecified atom stereocenters. The third kappa shape index (κ3) is 3.95. The van der Waals surface area contributed by atoms with Gasteiger partial charge in [0, 0.05) is 51.2 Å². The van der Waals surface area contributed by atoms with E-state index in [-0.39, 0.29) is 0 Å². The van der Waals surface area contributed by atoms with Gasteiger partial charge in [-0.2, -0.15) is 0 Å².